The van der Waals surface area contributed by atoms with Crippen LogP contribution in [0.15, 0.2) is 18.2 Å². The van der Waals surface area contributed by atoms with Crippen LogP contribution in [0.3, 0.4) is 0 Å². The first-order valence-electron chi connectivity index (χ1n) is 9.11. The predicted molar refractivity (Wildman–Crippen MR) is 104 cm³/mol. The number of likely N-dealkylation sites (tertiary alicyclic amines) is 1. The van der Waals surface area contributed by atoms with Crippen LogP contribution in [-0.2, 0) is 4.79 Å². The Balaban J connectivity index is 1.64. The van der Waals surface area contributed by atoms with Gasteiger partial charge in [-0.1, -0.05) is 29.6 Å². The third-order valence-corrected chi connectivity index (χ3v) is 5.21. The highest BCUT2D eigenvalue weighted by atomic mass is 35.5. The maximum atomic E-state index is 12.1. The molecule has 1 heterocycles. The van der Waals surface area contributed by atoms with Crippen LogP contribution in [0.5, 0.6) is 5.75 Å². The van der Waals surface area contributed by atoms with Gasteiger partial charge in [-0.25, -0.2) is 0 Å². The minimum absolute atomic E-state index is 0.127. The number of amides is 1. The molecule has 2 rings (SSSR count). The van der Waals surface area contributed by atoms with E-state index in [1.807, 2.05) is 0 Å². The largest absolute Gasteiger partial charge is 0.479 e. The van der Waals surface area contributed by atoms with Crippen LogP contribution < -0.4 is 10.1 Å². The zero-order valence-electron chi connectivity index (χ0n) is 15.1. The molecule has 1 aliphatic heterocycles. The number of piperidine rings is 1. The van der Waals surface area contributed by atoms with E-state index in [0.29, 0.717) is 28.4 Å². The number of hydrogen-bond donors (Lipinski definition) is 1. The van der Waals surface area contributed by atoms with Crippen molar-refractivity contribution in [1.82, 2.24) is 10.2 Å². The fourth-order valence-corrected chi connectivity index (χ4v) is 3.55. The van der Waals surface area contributed by atoms with Gasteiger partial charge in [0.2, 0.25) is 0 Å². The first-order valence-corrected chi connectivity index (χ1v) is 9.86. The van der Waals surface area contributed by atoms with E-state index in [4.69, 9.17) is 27.9 Å². The summed E-state index contributed by atoms with van der Waals surface area (Å²) in [4.78, 5) is 14.7. The summed E-state index contributed by atoms with van der Waals surface area (Å²) < 4.78 is 5.62. The number of halogens is 2. The number of benzene rings is 1. The molecule has 1 saturated heterocycles. The standard InChI is InChI=1S/C19H28Cl2N2O2/c1-14-7-3-5-11-23(14)12-6-4-10-22-19(24)15(2)25-18-9-8-16(20)13-17(18)21/h8-9,13-15H,3-7,10-12H2,1-2H3,(H,22,24). The summed E-state index contributed by atoms with van der Waals surface area (Å²) in [5, 5.41) is 3.88. The summed E-state index contributed by atoms with van der Waals surface area (Å²) in [5.74, 6) is 0.338. The molecule has 1 fully saturated rings. The molecule has 2 unspecified atom stereocenters. The van der Waals surface area contributed by atoms with Gasteiger partial charge in [-0.05, 0) is 70.8 Å². The van der Waals surface area contributed by atoms with Crippen LogP contribution in [0.25, 0.3) is 0 Å². The maximum Gasteiger partial charge on any atom is 0.260 e. The van der Waals surface area contributed by atoms with Gasteiger partial charge in [-0.15, -0.1) is 0 Å². The van der Waals surface area contributed by atoms with Crippen molar-refractivity contribution in [3.8, 4) is 5.75 Å². The van der Waals surface area contributed by atoms with Crippen LogP contribution in [0, 0.1) is 0 Å². The molecule has 0 spiro atoms. The predicted octanol–water partition coefficient (Wildman–Crippen LogP) is 4.53. The lowest BCUT2D eigenvalue weighted by molar-refractivity contribution is -0.127. The number of rotatable bonds is 8. The number of carbonyl (C=O) groups excluding carboxylic acids is 1. The van der Waals surface area contributed by atoms with Crippen LogP contribution in [-0.4, -0.2) is 42.6 Å². The molecule has 1 aromatic rings. The Morgan fingerprint density at radius 2 is 2.16 bits per heavy atom. The van der Waals surface area contributed by atoms with Crippen LogP contribution in [0.1, 0.15) is 46.0 Å². The van der Waals surface area contributed by atoms with E-state index in [0.717, 1.165) is 19.4 Å². The molecule has 0 aliphatic carbocycles. The average molecular weight is 387 g/mol. The Morgan fingerprint density at radius 3 is 2.88 bits per heavy atom. The van der Waals surface area contributed by atoms with E-state index in [1.165, 1.54) is 25.8 Å². The van der Waals surface area contributed by atoms with Gasteiger partial charge in [0.05, 0.1) is 5.02 Å². The second-order valence-corrected chi connectivity index (χ2v) is 7.56. The van der Waals surface area contributed by atoms with Gasteiger partial charge >= 0.3 is 0 Å². The lowest BCUT2D eigenvalue weighted by Gasteiger charge is -2.33. The van der Waals surface area contributed by atoms with Gasteiger partial charge in [-0.3, -0.25) is 4.79 Å². The van der Waals surface area contributed by atoms with Crippen molar-refractivity contribution in [2.75, 3.05) is 19.6 Å². The maximum absolute atomic E-state index is 12.1. The van der Waals surface area contributed by atoms with Gasteiger partial charge < -0.3 is 15.0 Å². The topological polar surface area (TPSA) is 41.6 Å². The van der Waals surface area contributed by atoms with Gasteiger partial charge in [0.15, 0.2) is 6.10 Å². The van der Waals surface area contributed by atoms with Crippen molar-refractivity contribution in [1.29, 1.82) is 0 Å². The van der Waals surface area contributed by atoms with E-state index in [1.54, 1.807) is 25.1 Å². The molecule has 4 nitrogen and oxygen atoms in total. The zero-order valence-corrected chi connectivity index (χ0v) is 16.6. The summed E-state index contributed by atoms with van der Waals surface area (Å²) in [5.41, 5.74) is 0. The van der Waals surface area contributed by atoms with Crippen molar-refractivity contribution in [3.63, 3.8) is 0 Å². The highest BCUT2D eigenvalue weighted by molar-refractivity contribution is 6.35. The van der Waals surface area contributed by atoms with Crippen molar-refractivity contribution < 1.29 is 9.53 Å². The molecule has 1 amide bonds. The quantitative estimate of drug-likeness (QED) is 0.667. The first kappa shape index (κ1) is 20.3. The Hall–Kier alpha value is -0.970. The molecular formula is C19H28Cl2N2O2. The Morgan fingerprint density at radius 1 is 1.36 bits per heavy atom. The molecule has 0 aromatic heterocycles. The average Bonchev–Trinajstić information content (AvgIpc) is 2.58. The van der Waals surface area contributed by atoms with Crippen molar-refractivity contribution in [3.05, 3.63) is 28.2 Å². The van der Waals surface area contributed by atoms with E-state index >= 15 is 0 Å². The Bertz CT molecular complexity index is 568. The van der Waals surface area contributed by atoms with Crippen LogP contribution in [0.2, 0.25) is 10.0 Å². The molecule has 0 radical (unpaired) electrons. The molecule has 1 N–H and O–H groups in total. The normalized spacial score (nSPS) is 19.4. The van der Waals surface area contributed by atoms with E-state index < -0.39 is 6.10 Å². The highest BCUT2D eigenvalue weighted by Crippen LogP contribution is 2.28. The highest BCUT2D eigenvalue weighted by Gasteiger charge is 2.18. The first-order chi connectivity index (χ1) is 12.0. The number of hydrogen-bond acceptors (Lipinski definition) is 3. The smallest absolute Gasteiger partial charge is 0.260 e. The van der Waals surface area contributed by atoms with E-state index in [9.17, 15) is 4.79 Å². The lowest BCUT2D eigenvalue weighted by Crippen LogP contribution is -2.39. The molecule has 140 valence electrons. The molecule has 0 bridgehead atoms. The summed E-state index contributed by atoms with van der Waals surface area (Å²) in [6, 6.07) is 5.66. The van der Waals surface area contributed by atoms with Crippen LogP contribution >= 0.6 is 23.2 Å². The van der Waals surface area contributed by atoms with Gasteiger partial charge in [0, 0.05) is 17.6 Å². The monoisotopic (exact) mass is 386 g/mol. The second kappa shape index (κ2) is 10.2. The third-order valence-electron chi connectivity index (χ3n) is 4.68. The number of nitrogens with zero attached hydrogens (tertiary/aromatic N) is 1. The molecule has 2 atom stereocenters. The van der Waals surface area contributed by atoms with Gasteiger partial charge in [0.1, 0.15) is 5.75 Å². The van der Waals surface area contributed by atoms with E-state index in [-0.39, 0.29) is 5.91 Å². The molecule has 0 saturated carbocycles. The SMILES string of the molecule is CC(Oc1ccc(Cl)cc1Cl)C(=O)NCCCCN1CCCCC1C. The fourth-order valence-electron chi connectivity index (χ4n) is 3.10. The molecule has 6 heteroatoms. The lowest BCUT2D eigenvalue weighted by atomic mass is 10.0. The minimum Gasteiger partial charge on any atom is -0.479 e. The fraction of sp³-hybridized carbons (Fsp3) is 0.632. The summed E-state index contributed by atoms with van der Waals surface area (Å²) >= 11 is 11.9. The Labute approximate surface area is 160 Å². The minimum atomic E-state index is -0.596. The zero-order chi connectivity index (χ0) is 18.2. The van der Waals surface area contributed by atoms with Gasteiger partial charge in [0.25, 0.3) is 5.91 Å². The summed E-state index contributed by atoms with van der Waals surface area (Å²) in [6.07, 6.45) is 5.44. The number of carbonyl (C=O) groups is 1. The van der Waals surface area contributed by atoms with Crippen molar-refractivity contribution in [2.24, 2.45) is 0 Å². The molecular weight excluding hydrogens is 359 g/mol. The Kier molecular flexibility index (Phi) is 8.34. The summed E-state index contributed by atoms with van der Waals surface area (Å²) in [7, 11) is 0. The molecule has 1 aromatic carbocycles. The number of ether oxygens (including phenoxy) is 1. The van der Waals surface area contributed by atoms with Crippen molar-refractivity contribution in [2.45, 2.75) is 58.1 Å². The number of unbranched alkanes of at least 4 members (excludes halogenated alkanes) is 1. The molecule has 25 heavy (non-hydrogen) atoms. The summed E-state index contributed by atoms with van der Waals surface area (Å²) in [6.45, 7) is 7.02. The van der Waals surface area contributed by atoms with Crippen molar-refractivity contribution >= 4 is 29.1 Å². The number of nitrogens with one attached hydrogen (secondary N) is 1. The van der Waals surface area contributed by atoms with Gasteiger partial charge in [-0.2, -0.15) is 0 Å². The molecule has 1 aliphatic rings. The third kappa shape index (κ3) is 6.69. The second-order valence-electron chi connectivity index (χ2n) is 6.71. The van der Waals surface area contributed by atoms with E-state index in [2.05, 4.69) is 17.1 Å². The van der Waals surface area contributed by atoms with Crippen LogP contribution in [0.4, 0.5) is 0 Å².